The Labute approximate surface area is 214 Å². The molecule has 0 aliphatic carbocycles. The molecular weight excluding hydrogens is 458 g/mol. The third-order valence-corrected chi connectivity index (χ3v) is 5.83. The minimum Gasteiger partial charge on any atom is -0.237 e. The van der Waals surface area contributed by atoms with E-state index in [2.05, 4.69) is 39.0 Å². The van der Waals surface area contributed by atoms with Crippen molar-refractivity contribution in [2.45, 2.75) is 6.92 Å². The van der Waals surface area contributed by atoms with E-state index in [1.165, 1.54) is 5.56 Å². The Balaban J connectivity index is 1.50. The van der Waals surface area contributed by atoms with E-state index in [0.717, 1.165) is 27.8 Å². The quantitative estimate of drug-likeness (QED) is 0.295. The van der Waals surface area contributed by atoms with Crippen LogP contribution >= 0.6 is 0 Å². The van der Waals surface area contributed by atoms with Gasteiger partial charge in [0.05, 0.1) is 0 Å². The summed E-state index contributed by atoms with van der Waals surface area (Å²) in [7, 11) is 0. The highest BCUT2D eigenvalue weighted by Crippen LogP contribution is 2.28. The van der Waals surface area contributed by atoms with Gasteiger partial charge in [-0.05, 0) is 31.2 Å². The lowest BCUT2D eigenvalue weighted by molar-refractivity contribution is 1.07. The molecule has 7 nitrogen and oxygen atoms in total. The zero-order valence-electron chi connectivity index (χ0n) is 20.0. The molecule has 3 aromatic carbocycles. The third-order valence-electron chi connectivity index (χ3n) is 5.83. The van der Waals surface area contributed by atoms with Crippen LogP contribution in [0.1, 0.15) is 5.56 Å². The monoisotopic (exact) mass is 479 g/mol. The molecule has 7 heteroatoms. The van der Waals surface area contributed by atoms with Gasteiger partial charge in [0.25, 0.3) is 0 Å². The van der Waals surface area contributed by atoms with Crippen molar-refractivity contribution in [2.75, 3.05) is 0 Å². The molecule has 0 fully saturated rings. The van der Waals surface area contributed by atoms with Gasteiger partial charge in [0.1, 0.15) is 0 Å². The second kappa shape index (κ2) is 9.83. The van der Waals surface area contributed by atoms with Gasteiger partial charge in [0.15, 0.2) is 29.1 Å². The number of nitrogens with zero attached hydrogens (tertiary/aromatic N) is 7. The first kappa shape index (κ1) is 22.3. The average molecular weight is 480 g/mol. The van der Waals surface area contributed by atoms with E-state index in [1.54, 1.807) is 36.9 Å². The van der Waals surface area contributed by atoms with Crippen molar-refractivity contribution in [3.05, 3.63) is 115 Å². The maximum absolute atomic E-state index is 4.88. The molecule has 6 rings (SSSR count). The Bertz CT molecular complexity index is 1570. The Hall–Kier alpha value is -5.17. The van der Waals surface area contributed by atoms with Crippen LogP contribution in [0.15, 0.2) is 110 Å². The summed E-state index contributed by atoms with van der Waals surface area (Å²) in [5.41, 5.74) is 5.57. The number of aromatic nitrogens is 7. The molecule has 0 atom stereocenters. The molecule has 0 unspecified atom stereocenters. The van der Waals surface area contributed by atoms with E-state index in [0.29, 0.717) is 29.1 Å². The molecule has 0 saturated carbocycles. The molecular formula is C30H21N7. The summed E-state index contributed by atoms with van der Waals surface area (Å²) >= 11 is 0. The van der Waals surface area contributed by atoms with Crippen LogP contribution in [0.25, 0.3) is 56.9 Å². The molecule has 0 saturated heterocycles. The van der Waals surface area contributed by atoms with E-state index >= 15 is 0 Å². The zero-order valence-corrected chi connectivity index (χ0v) is 20.0. The Kier molecular flexibility index (Phi) is 5.93. The van der Waals surface area contributed by atoms with E-state index < -0.39 is 0 Å². The van der Waals surface area contributed by atoms with Crippen LogP contribution in [0.5, 0.6) is 0 Å². The second-order valence-corrected chi connectivity index (χ2v) is 8.48. The number of rotatable bonds is 5. The molecule has 3 heterocycles. The molecule has 0 aliphatic rings. The molecule has 0 bridgehead atoms. The molecule has 0 spiro atoms. The van der Waals surface area contributed by atoms with Crippen molar-refractivity contribution in [1.29, 1.82) is 0 Å². The highest BCUT2D eigenvalue weighted by atomic mass is 15.0. The lowest BCUT2D eigenvalue weighted by Crippen LogP contribution is -2.01. The van der Waals surface area contributed by atoms with Crippen molar-refractivity contribution in [2.24, 2.45) is 0 Å². The predicted molar refractivity (Wildman–Crippen MR) is 143 cm³/mol. The minimum absolute atomic E-state index is 0.569. The largest absolute Gasteiger partial charge is 0.237 e. The van der Waals surface area contributed by atoms with Gasteiger partial charge in [-0.15, -0.1) is 0 Å². The fourth-order valence-corrected chi connectivity index (χ4v) is 3.96. The summed E-state index contributed by atoms with van der Waals surface area (Å²) in [6, 6.07) is 27.6. The SMILES string of the molecule is Cc1ccc(-c2nc(-c3cccc(-c4ncccn4)c3)nc(-c3cccc(-c4ncccn4)c3)n2)cc1. The molecule has 6 aromatic rings. The molecule has 0 amide bonds. The van der Waals surface area contributed by atoms with Crippen LogP contribution in [-0.2, 0) is 0 Å². The molecule has 0 radical (unpaired) electrons. The maximum atomic E-state index is 4.88. The van der Waals surface area contributed by atoms with Gasteiger partial charge in [-0.25, -0.2) is 34.9 Å². The summed E-state index contributed by atoms with van der Waals surface area (Å²) in [4.78, 5) is 32.1. The molecule has 3 aromatic heterocycles. The highest BCUT2D eigenvalue weighted by Gasteiger charge is 2.14. The lowest BCUT2D eigenvalue weighted by Gasteiger charge is -2.10. The first-order valence-electron chi connectivity index (χ1n) is 11.8. The minimum atomic E-state index is 0.569. The first-order chi connectivity index (χ1) is 18.2. The molecule has 0 aliphatic heterocycles. The Morgan fingerprint density at radius 2 is 0.757 bits per heavy atom. The number of aryl methyl sites for hydroxylation is 1. The Morgan fingerprint density at radius 3 is 1.19 bits per heavy atom. The summed E-state index contributed by atoms with van der Waals surface area (Å²) in [5.74, 6) is 3.03. The van der Waals surface area contributed by atoms with Crippen LogP contribution in [0.4, 0.5) is 0 Å². The standard InChI is InChI=1S/C30H21N7/c1-20-10-12-21(13-11-20)28-35-29(24-8-2-6-22(18-24)26-31-14-4-15-32-26)37-30(36-28)25-9-3-7-23(19-25)27-33-16-5-17-34-27/h2-19H,1H3. The van der Waals surface area contributed by atoms with Crippen molar-refractivity contribution in [3.8, 4) is 56.9 Å². The average Bonchev–Trinajstić information content (AvgIpc) is 2.98. The molecule has 0 N–H and O–H groups in total. The van der Waals surface area contributed by atoms with E-state index in [9.17, 15) is 0 Å². The number of hydrogen-bond donors (Lipinski definition) is 0. The normalized spacial score (nSPS) is 10.8. The van der Waals surface area contributed by atoms with E-state index in [1.807, 2.05) is 60.7 Å². The lowest BCUT2D eigenvalue weighted by atomic mass is 10.1. The smallest absolute Gasteiger partial charge is 0.164 e. The van der Waals surface area contributed by atoms with Crippen LogP contribution < -0.4 is 0 Å². The van der Waals surface area contributed by atoms with Gasteiger partial charge in [-0.2, -0.15) is 0 Å². The van der Waals surface area contributed by atoms with Crippen molar-refractivity contribution < 1.29 is 0 Å². The first-order valence-corrected chi connectivity index (χ1v) is 11.8. The van der Waals surface area contributed by atoms with Crippen molar-refractivity contribution >= 4 is 0 Å². The third kappa shape index (κ3) is 4.83. The van der Waals surface area contributed by atoms with E-state index in [4.69, 9.17) is 15.0 Å². The fourth-order valence-electron chi connectivity index (χ4n) is 3.96. The van der Waals surface area contributed by atoms with Crippen molar-refractivity contribution in [1.82, 2.24) is 34.9 Å². The molecule has 176 valence electrons. The van der Waals surface area contributed by atoms with Gasteiger partial charge in [-0.1, -0.05) is 66.2 Å². The number of benzene rings is 3. The summed E-state index contributed by atoms with van der Waals surface area (Å²) in [6.45, 7) is 2.06. The highest BCUT2D eigenvalue weighted by molar-refractivity contribution is 5.72. The van der Waals surface area contributed by atoms with Gasteiger partial charge in [0, 0.05) is 52.6 Å². The van der Waals surface area contributed by atoms with Gasteiger partial charge < -0.3 is 0 Å². The van der Waals surface area contributed by atoms with Crippen LogP contribution in [0.2, 0.25) is 0 Å². The maximum Gasteiger partial charge on any atom is 0.164 e. The predicted octanol–water partition coefficient (Wildman–Crippen LogP) is 6.10. The van der Waals surface area contributed by atoms with Crippen molar-refractivity contribution in [3.63, 3.8) is 0 Å². The Morgan fingerprint density at radius 1 is 0.378 bits per heavy atom. The van der Waals surface area contributed by atoms with Gasteiger partial charge in [0.2, 0.25) is 0 Å². The van der Waals surface area contributed by atoms with E-state index in [-0.39, 0.29) is 0 Å². The topological polar surface area (TPSA) is 90.2 Å². The summed E-state index contributed by atoms with van der Waals surface area (Å²) in [5, 5.41) is 0. The number of hydrogen-bond acceptors (Lipinski definition) is 7. The van der Waals surface area contributed by atoms with Crippen LogP contribution in [0, 0.1) is 6.92 Å². The van der Waals surface area contributed by atoms with Crippen LogP contribution in [0.3, 0.4) is 0 Å². The van der Waals surface area contributed by atoms with Crippen LogP contribution in [-0.4, -0.2) is 34.9 Å². The fraction of sp³-hybridized carbons (Fsp3) is 0.0333. The summed E-state index contributed by atoms with van der Waals surface area (Å²) in [6.07, 6.45) is 6.92. The molecule has 37 heavy (non-hydrogen) atoms. The summed E-state index contributed by atoms with van der Waals surface area (Å²) < 4.78 is 0. The zero-order chi connectivity index (χ0) is 25.0. The van der Waals surface area contributed by atoms with Gasteiger partial charge >= 0.3 is 0 Å². The van der Waals surface area contributed by atoms with Gasteiger partial charge in [-0.3, -0.25) is 0 Å². The second-order valence-electron chi connectivity index (χ2n) is 8.48.